The molecule has 7 rings (SSSR count). The van der Waals surface area contributed by atoms with Crippen molar-refractivity contribution in [2.45, 2.75) is 70.0 Å². The number of nitriles is 1. The van der Waals surface area contributed by atoms with E-state index in [1.165, 1.54) is 6.07 Å². The topological polar surface area (TPSA) is 130 Å². The minimum atomic E-state index is -4.58. The molecule has 55 heavy (non-hydrogen) atoms. The number of anilines is 1. The van der Waals surface area contributed by atoms with Gasteiger partial charge in [-0.3, -0.25) is 4.79 Å². The van der Waals surface area contributed by atoms with Crippen LogP contribution in [0.2, 0.25) is 0 Å². The molecule has 286 valence electrons. The number of hydrogen-bond acceptors (Lipinski definition) is 9. The van der Waals surface area contributed by atoms with Crippen molar-refractivity contribution in [3.63, 3.8) is 0 Å². The molecular weight excluding hydrogens is 713 g/mol. The van der Waals surface area contributed by atoms with Crippen LogP contribution < -0.4 is 19.7 Å². The molecule has 0 spiro atoms. The molecule has 4 heterocycles. The van der Waals surface area contributed by atoms with E-state index >= 15 is 0 Å². The smallest absolute Gasteiger partial charge is 0.416 e. The summed E-state index contributed by atoms with van der Waals surface area (Å²) in [6, 6.07) is 21.2. The van der Waals surface area contributed by atoms with Gasteiger partial charge in [-0.25, -0.2) is 14.8 Å². The number of aromatic nitrogens is 2. The molecule has 0 bridgehead atoms. The molecule has 3 fully saturated rings. The van der Waals surface area contributed by atoms with Crippen LogP contribution in [-0.2, 0) is 17.5 Å². The molecule has 14 heteroatoms. The number of nitrogens with one attached hydrogen (secondary N) is 1. The molecule has 2 aromatic heterocycles. The zero-order chi connectivity index (χ0) is 38.5. The number of hydrogen-bond donors (Lipinski definition) is 1. The second kappa shape index (κ2) is 16.3. The van der Waals surface area contributed by atoms with E-state index in [1.807, 2.05) is 61.5 Å². The van der Waals surface area contributed by atoms with Crippen molar-refractivity contribution in [3.8, 4) is 29.0 Å². The van der Waals surface area contributed by atoms with Gasteiger partial charge in [-0.2, -0.15) is 18.4 Å². The Bertz CT molecular complexity index is 2050. The Labute approximate surface area is 317 Å². The van der Waals surface area contributed by atoms with Crippen molar-refractivity contribution < 1.29 is 37.0 Å². The van der Waals surface area contributed by atoms with Crippen LogP contribution in [0.15, 0.2) is 79.0 Å². The van der Waals surface area contributed by atoms with Gasteiger partial charge in [0.1, 0.15) is 24.5 Å². The third kappa shape index (κ3) is 8.77. The first-order chi connectivity index (χ1) is 26.6. The van der Waals surface area contributed by atoms with Gasteiger partial charge in [0.2, 0.25) is 5.88 Å². The number of carbonyl (C=O) groups excluding carboxylic acids is 2. The summed E-state index contributed by atoms with van der Waals surface area (Å²) in [5, 5.41) is 12.8. The number of nitrogens with zero attached hydrogens (tertiary/aromatic N) is 5. The summed E-state index contributed by atoms with van der Waals surface area (Å²) in [4.78, 5) is 40.3. The maximum Gasteiger partial charge on any atom is 0.416 e. The summed E-state index contributed by atoms with van der Waals surface area (Å²) in [6.07, 6.45) is -0.205. The number of halogens is 3. The highest BCUT2D eigenvalue weighted by Crippen LogP contribution is 2.43. The molecule has 11 nitrogen and oxygen atoms in total. The SMILES string of the molecule is CCOc1ncccc1-c1ccc(N2CC[C@H](Oc3ccc(C(F)(F)F)cc3C#N)C[C@@H]2C2CC2)c(C(=O)N[C@@H]2CCN(C(=O)OCc3ccccc3)C2)n1. The first-order valence-corrected chi connectivity index (χ1v) is 18.5. The minimum Gasteiger partial charge on any atom is -0.489 e. The summed E-state index contributed by atoms with van der Waals surface area (Å²) in [7, 11) is 0. The van der Waals surface area contributed by atoms with Crippen LogP contribution in [0.3, 0.4) is 0 Å². The van der Waals surface area contributed by atoms with Gasteiger partial charge in [-0.05, 0) is 80.1 Å². The molecule has 3 atom stereocenters. The van der Waals surface area contributed by atoms with Crippen LogP contribution in [0.25, 0.3) is 11.3 Å². The van der Waals surface area contributed by atoms with Gasteiger partial charge in [0.25, 0.3) is 5.91 Å². The molecule has 0 unspecified atom stereocenters. The molecule has 1 saturated carbocycles. The Hall–Kier alpha value is -5.84. The summed E-state index contributed by atoms with van der Waals surface area (Å²) in [6.45, 7) is 3.60. The van der Waals surface area contributed by atoms with Crippen molar-refractivity contribution in [3.05, 3.63) is 101 Å². The Morgan fingerprint density at radius 3 is 2.56 bits per heavy atom. The Morgan fingerprint density at radius 1 is 1.00 bits per heavy atom. The molecule has 1 N–H and O–H groups in total. The van der Waals surface area contributed by atoms with Gasteiger partial charge in [-0.15, -0.1) is 0 Å². The number of carbonyl (C=O) groups is 2. The standard InChI is InChI=1S/C41H41F3N6O5/c1-2-53-39-32(9-6-18-46-39)33-13-14-34(37(48-33)38(51)47-30-16-19-49(24-30)40(52)54-25-26-7-4-3-5-8-26)50-20-17-31(22-35(50)27-10-11-27)55-36-15-12-29(41(42,43)44)21-28(36)23-45/h3-9,12-15,18,21,27,30-31,35H,2,10-11,16-17,19-20,22,24-25H2,1H3,(H,47,51)/t30-,31+,35-/m1/s1. The van der Waals surface area contributed by atoms with E-state index in [0.717, 1.165) is 30.5 Å². The molecule has 2 aromatic carbocycles. The number of likely N-dealkylation sites (tertiary alicyclic amines) is 1. The quantitative estimate of drug-likeness (QED) is 0.167. The monoisotopic (exact) mass is 754 g/mol. The predicted molar refractivity (Wildman–Crippen MR) is 196 cm³/mol. The number of piperidine rings is 1. The number of ether oxygens (including phenoxy) is 3. The Balaban J connectivity index is 1.12. The summed E-state index contributed by atoms with van der Waals surface area (Å²) < 4.78 is 57.5. The highest BCUT2D eigenvalue weighted by molar-refractivity contribution is 5.99. The summed E-state index contributed by atoms with van der Waals surface area (Å²) in [5.41, 5.74) is 1.80. The van der Waals surface area contributed by atoms with Crippen LogP contribution >= 0.6 is 0 Å². The zero-order valence-electron chi connectivity index (χ0n) is 30.3. The van der Waals surface area contributed by atoms with Gasteiger partial charge in [0.05, 0.1) is 34.7 Å². The van der Waals surface area contributed by atoms with Crippen molar-refractivity contribution in [2.75, 3.05) is 31.1 Å². The van der Waals surface area contributed by atoms with Crippen LogP contribution in [0.5, 0.6) is 11.6 Å². The second-order valence-corrected chi connectivity index (χ2v) is 14.0. The lowest BCUT2D eigenvalue weighted by atomic mass is 9.94. The van der Waals surface area contributed by atoms with Gasteiger partial charge in [0.15, 0.2) is 5.69 Å². The lowest BCUT2D eigenvalue weighted by molar-refractivity contribution is -0.137. The molecule has 2 aliphatic heterocycles. The maximum absolute atomic E-state index is 14.3. The van der Waals surface area contributed by atoms with Crippen molar-refractivity contribution in [1.82, 2.24) is 20.2 Å². The fraction of sp³-hybridized carbons (Fsp3) is 0.390. The number of amides is 2. The fourth-order valence-electron chi connectivity index (χ4n) is 7.32. The number of rotatable bonds is 11. The van der Waals surface area contributed by atoms with Crippen molar-refractivity contribution in [2.24, 2.45) is 5.92 Å². The van der Waals surface area contributed by atoms with E-state index in [0.29, 0.717) is 67.7 Å². The van der Waals surface area contributed by atoms with Crippen LogP contribution in [0.1, 0.15) is 66.2 Å². The maximum atomic E-state index is 14.3. The van der Waals surface area contributed by atoms with E-state index in [1.54, 1.807) is 17.2 Å². The van der Waals surface area contributed by atoms with Crippen molar-refractivity contribution >= 4 is 17.7 Å². The van der Waals surface area contributed by atoms with Crippen LogP contribution in [0.4, 0.5) is 23.7 Å². The number of alkyl halides is 3. The van der Waals surface area contributed by atoms with Crippen molar-refractivity contribution in [1.29, 1.82) is 5.26 Å². The average molecular weight is 755 g/mol. The van der Waals surface area contributed by atoms with Gasteiger partial charge >= 0.3 is 12.3 Å². The van der Waals surface area contributed by atoms with Gasteiger partial charge < -0.3 is 29.3 Å². The first kappa shape index (κ1) is 37.5. The molecule has 3 aliphatic rings. The van der Waals surface area contributed by atoms with Crippen LogP contribution in [-0.4, -0.2) is 71.3 Å². The largest absolute Gasteiger partial charge is 0.489 e. The average Bonchev–Trinajstić information content (AvgIpc) is 3.94. The van der Waals surface area contributed by atoms with E-state index in [9.17, 15) is 28.0 Å². The molecule has 2 saturated heterocycles. The predicted octanol–water partition coefficient (Wildman–Crippen LogP) is 7.40. The van der Waals surface area contributed by atoms with E-state index < -0.39 is 17.8 Å². The minimum absolute atomic E-state index is 0.0448. The summed E-state index contributed by atoms with van der Waals surface area (Å²) >= 11 is 0. The van der Waals surface area contributed by atoms with E-state index in [-0.39, 0.29) is 54.3 Å². The second-order valence-electron chi connectivity index (χ2n) is 14.0. The van der Waals surface area contributed by atoms with Gasteiger partial charge in [-0.1, -0.05) is 30.3 Å². The highest BCUT2D eigenvalue weighted by Gasteiger charge is 2.42. The van der Waals surface area contributed by atoms with Crippen LogP contribution in [0, 0.1) is 17.2 Å². The normalized spacial score (nSPS) is 19.7. The zero-order valence-corrected chi connectivity index (χ0v) is 30.3. The molecular formula is C41H41F3N6O5. The lowest BCUT2D eigenvalue weighted by Crippen LogP contribution is -2.48. The van der Waals surface area contributed by atoms with Gasteiger partial charge in [0, 0.05) is 50.8 Å². The first-order valence-electron chi connectivity index (χ1n) is 18.5. The third-order valence-corrected chi connectivity index (χ3v) is 10.2. The van der Waals surface area contributed by atoms with E-state index in [4.69, 9.17) is 19.2 Å². The summed E-state index contributed by atoms with van der Waals surface area (Å²) in [5.74, 6) is 0.439. The molecule has 4 aromatic rings. The highest BCUT2D eigenvalue weighted by atomic mass is 19.4. The molecule has 2 amide bonds. The third-order valence-electron chi connectivity index (χ3n) is 10.2. The van der Waals surface area contributed by atoms with E-state index in [2.05, 4.69) is 15.2 Å². The Kier molecular flexibility index (Phi) is 11.1. The molecule has 1 aliphatic carbocycles. The lowest BCUT2D eigenvalue weighted by Gasteiger charge is -2.42. The Morgan fingerprint density at radius 2 is 1.82 bits per heavy atom. The molecule has 0 radical (unpaired) electrons. The fourth-order valence-corrected chi connectivity index (χ4v) is 7.32. The number of pyridine rings is 2. The number of benzene rings is 2.